The van der Waals surface area contributed by atoms with Crippen molar-refractivity contribution in [2.75, 3.05) is 45.9 Å². The molecule has 1 N–H and O–H groups in total. The van der Waals surface area contributed by atoms with Gasteiger partial charge in [-0.3, -0.25) is 0 Å². The smallest absolute Gasteiger partial charge is 0.320 e. The molecule has 0 aromatic rings. The molecule has 0 radical (unpaired) electrons. The van der Waals surface area contributed by atoms with E-state index in [1.165, 1.54) is 0 Å². The number of carbonyl (C=O) groups excluding carboxylic acids is 1. The van der Waals surface area contributed by atoms with Crippen LogP contribution in [0.4, 0.5) is 4.79 Å². The van der Waals surface area contributed by atoms with Crippen LogP contribution in [-0.2, 0) is 4.74 Å². The van der Waals surface area contributed by atoms with Crippen molar-refractivity contribution in [2.24, 2.45) is 0 Å². The average Bonchev–Trinajstić information content (AvgIpc) is 2.77. The molecule has 0 bridgehead atoms. The van der Waals surface area contributed by atoms with Gasteiger partial charge in [0.15, 0.2) is 0 Å². The van der Waals surface area contributed by atoms with Crippen molar-refractivity contribution in [3.63, 3.8) is 0 Å². The molecule has 2 aliphatic rings. The molecule has 2 saturated heterocycles. The molecule has 0 aromatic carbocycles. The summed E-state index contributed by atoms with van der Waals surface area (Å²) in [7, 11) is 0. The van der Waals surface area contributed by atoms with Gasteiger partial charge in [0.1, 0.15) is 0 Å². The third kappa shape index (κ3) is 3.36. The molecule has 0 unspecified atom stereocenters. The van der Waals surface area contributed by atoms with Crippen molar-refractivity contribution in [2.45, 2.75) is 32.2 Å². The standard InChI is InChI=1S/C13H25N3O2/c1-2-18-11-3-8-15-9-10-16(13(15)17)12-4-6-14-7-5-12/h12,14H,2-11H2,1H3. The van der Waals surface area contributed by atoms with Crippen molar-refractivity contribution >= 4 is 6.03 Å². The fourth-order valence-electron chi connectivity index (χ4n) is 2.77. The Balaban J connectivity index is 1.74. The summed E-state index contributed by atoms with van der Waals surface area (Å²) in [6.07, 6.45) is 3.14. The molecule has 5 heteroatoms. The number of nitrogens with zero attached hydrogens (tertiary/aromatic N) is 2. The molecule has 2 aliphatic heterocycles. The first-order valence-electron chi connectivity index (χ1n) is 7.17. The van der Waals surface area contributed by atoms with E-state index < -0.39 is 0 Å². The molecule has 0 spiro atoms. The second-order valence-electron chi connectivity index (χ2n) is 4.99. The fourth-order valence-corrected chi connectivity index (χ4v) is 2.77. The monoisotopic (exact) mass is 255 g/mol. The fraction of sp³-hybridized carbons (Fsp3) is 0.923. The van der Waals surface area contributed by atoms with E-state index in [-0.39, 0.29) is 6.03 Å². The van der Waals surface area contributed by atoms with Crippen LogP contribution in [0.3, 0.4) is 0 Å². The minimum absolute atomic E-state index is 0.235. The largest absolute Gasteiger partial charge is 0.382 e. The van der Waals surface area contributed by atoms with Gasteiger partial charge in [-0.15, -0.1) is 0 Å². The lowest BCUT2D eigenvalue weighted by molar-refractivity contribution is 0.133. The quantitative estimate of drug-likeness (QED) is 0.717. The van der Waals surface area contributed by atoms with Gasteiger partial charge in [-0.05, 0) is 39.3 Å². The van der Waals surface area contributed by atoms with Crippen molar-refractivity contribution < 1.29 is 9.53 Å². The predicted octanol–water partition coefficient (Wildman–Crippen LogP) is 0.903. The molecule has 2 rings (SSSR count). The Morgan fingerprint density at radius 1 is 1.33 bits per heavy atom. The maximum absolute atomic E-state index is 12.3. The Morgan fingerprint density at radius 3 is 2.83 bits per heavy atom. The van der Waals surface area contributed by atoms with Crippen LogP contribution in [-0.4, -0.2) is 67.8 Å². The Hall–Kier alpha value is -0.810. The lowest BCUT2D eigenvalue weighted by Crippen LogP contribution is -2.45. The van der Waals surface area contributed by atoms with Crippen LogP contribution in [0.25, 0.3) is 0 Å². The maximum Gasteiger partial charge on any atom is 0.320 e. The second-order valence-corrected chi connectivity index (χ2v) is 4.99. The van der Waals surface area contributed by atoms with Crippen LogP contribution in [0, 0.1) is 0 Å². The lowest BCUT2D eigenvalue weighted by atomic mass is 10.1. The van der Waals surface area contributed by atoms with E-state index in [9.17, 15) is 4.79 Å². The number of nitrogens with one attached hydrogen (secondary N) is 1. The zero-order valence-corrected chi connectivity index (χ0v) is 11.4. The maximum atomic E-state index is 12.3. The molecule has 18 heavy (non-hydrogen) atoms. The van der Waals surface area contributed by atoms with Gasteiger partial charge in [0, 0.05) is 38.9 Å². The van der Waals surface area contributed by atoms with E-state index >= 15 is 0 Å². The summed E-state index contributed by atoms with van der Waals surface area (Å²) in [5.74, 6) is 0. The van der Waals surface area contributed by atoms with Crippen molar-refractivity contribution in [3.05, 3.63) is 0 Å². The molecule has 5 nitrogen and oxygen atoms in total. The molecular formula is C13H25N3O2. The van der Waals surface area contributed by atoms with E-state index in [0.29, 0.717) is 6.04 Å². The first-order chi connectivity index (χ1) is 8.83. The van der Waals surface area contributed by atoms with Crippen LogP contribution in [0.5, 0.6) is 0 Å². The molecule has 2 amide bonds. The molecule has 2 heterocycles. The number of rotatable bonds is 6. The van der Waals surface area contributed by atoms with E-state index in [0.717, 1.165) is 65.2 Å². The van der Waals surface area contributed by atoms with Gasteiger partial charge >= 0.3 is 6.03 Å². The van der Waals surface area contributed by atoms with E-state index in [2.05, 4.69) is 10.2 Å². The minimum atomic E-state index is 0.235. The normalized spacial score (nSPS) is 21.9. The van der Waals surface area contributed by atoms with Crippen LogP contribution >= 0.6 is 0 Å². The van der Waals surface area contributed by atoms with Crippen molar-refractivity contribution in [1.29, 1.82) is 0 Å². The van der Waals surface area contributed by atoms with E-state index in [4.69, 9.17) is 4.74 Å². The number of piperidine rings is 1. The third-order valence-electron chi connectivity index (χ3n) is 3.80. The van der Waals surface area contributed by atoms with Crippen molar-refractivity contribution in [3.8, 4) is 0 Å². The van der Waals surface area contributed by atoms with Crippen molar-refractivity contribution in [1.82, 2.24) is 15.1 Å². The van der Waals surface area contributed by atoms with Crippen LogP contribution in [0.2, 0.25) is 0 Å². The predicted molar refractivity (Wildman–Crippen MR) is 70.7 cm³/mol. The molecule has 2 fully saturated rings. The summed E-state index contributed by atoms with van der Waals surface area (Å²) in [4.78, 5) is 16.3. The number of ether oxygens (including phenoxy) is 1. The summed E-state index contributed by atoms with van der Waals surface area (Å²) >= 11 is 0. The molecule has 0 atom stereocenters. The van der Waals surface area contributed by atoms with Crippen LogP contribution in [0.1, 0.15) is 26.2 Å². The summed E-state index contributed by atoms with van der Waals surface area (Å²) in [6, 6.07) is 0.689. The second kappa shape index (κ2) is 6.95. The first-order valence-corrected chi connectivity index (χ1v) is 7.17. The zero-order chi connectivity index (χ0) is 12.8. The van der Waals surface area contributed by atoms with Gasteiger partial charge in [-0.1, -0.05) is 0 Å². The minimum Gasteiger partial charge on any atom is -0.382 e. The zero-order valence-electron chi connectivity index (χ0n) is 11.4. The summed E-state index contributed by atoms with van der Waals surface area (Å²) in [5, 5.41) is 3.34. The van der Waals surface area contributed by atoms with Gasteiger partial charge in [-0.2, -0.15) is 0 Å². The van der Waals surface area contributed by atoms with Crippen LogP contribution in [0.15, 0.2) is 0 Å². The SMILES string of the molecule is CCOCCCN1CCN(C2CCNCC2)C1=O. The molecule has 104 valence electrons. The highest BCUT2D eigenvalue weighted by Crippen LogP contribution is 2.18. The van der Waals surface area contributed by atoms with Gasteiger partial charge in [-0.25, -0.2) is 4.79 Å². The highest BCUT2D eigenvalue weighted by Gasteiger charge is 2.33. The Kier molecular flexibility index (Phi) is 5.26. The van der Waals surface area contributed by atoms with Crippen LogP contribution < -0.4 is 5.32 Å². The summed E-state index contributed by atoms with van der Waals surface area (Å²) in [6.45, 7) is 8.22. The van der Waals surface area contributed by atoms with Gasteiger partial charge < -0.3 is 19.9 Å². The summed E-state index contributed by atoms with van der Waals surface area (Å²) in [5.41, 5.74) is 0. The van der Waals surface area contributed by atoms with E-state index in [1.54, 1.807) is 0 Å². The van der Waals surface area contributed by atoms with E-state index in [1.807, 2.05) is 11.8 Å². The summed E-state index contributed by atoms with van der Waals surface area (Å²) < 4.78 is 5.31. The Bertz CT molecular complexity index is 267. The lowest BCUT2D eigenvalue weighted by Gasteiger charge is -2.31. The van der Waals surface area contributed by atoms with Gasteiger partial charge in [0.05, 0.1) is 0 Å². The average molecular weight is 255 g/mol. The molecule has 0 aromatic heterocycles. The molecule has 0 aliphatic carbocycles. The number of urea groups is 1. The van der Waals surface area contributed by atoms with Gasteiger partial charge in [0.2, 0.25) is 0 Å². The Morgan fingerprint density at radius 2 is 2.11 bits per heavy atom. The molecule has 0 saturated carbocycles. The number of hydrogen-bond donors (Lipinski definition) is 1. The number of carbonyl (C=O) groups is 1. The topological polar surface area (TPSA) is 44.8 Å². The number of amides is 2. The Labute approximate surface area is 109 Å². The highest BCUT2D eigenvalue weighted by molar-refractivity contribution is 5.76. The van der Waals surface area contributed by atoms with Gasteiger partial charge in [0.25, 0.3) is 0 Å². The third-order valence-corrected chi connectivity index (χ3v) is 3.80. The first kappa shape index (κ1) is 13.6. The highest BCUT2D eigenvalue weighted by atomic mass is 16.5. The molecular weight excluding hydrogens is 230 g/mol. The number of hydrogen-bond acceptors (Lipinski definition) is 3.